The average Bonchev–Trinajstić information content (AvgIpc) is 2.81. The highest BCUT2D eigenvalue weighted by Gasteiger charge is 2.13. The zero-order valence-corrected chi connectivity index (χ0v) is 19.2. The fourth-order valence-electron chi connectivity index (χ4n) is 2.56. The summed E-state index contributed by atoms with van der Waals surface area (Å²) in [5.41, 5.74) is 3.75. The van der Waals surface area contributed by atoms with Gasteiger partial charge in [-0.15, -0.1) is 11.8 Å². The van der Waals surface area contributed by atoms with Gasteiger partial charge in [-0.25, -0.2) is 9.82 Å². The summed E-state index contributed by atoms with van der Waals surface area (Å²) in [6.07, 6.45) is 1.52. The van der Waals surface area contributed by atoms with Gasteiger partial charge in [-0.1, -0.05) is 11.6 Å². The lowest BCUT2D eigenvalue weighted by Crippen LogP contribution is -2.26. The monoisotopic (exact) mass is 485 g/mol. The van der Waals surface area contributed by atoms with Crippen molar-refractivity contribution < 1.29 is 18.7 Å². The molecule has 0 aliphatic carbocycles. The van der Waals surface area contributed by atoms with Gasteiger partial charge in [-0.2, -0.15) is 5.10 Å². The number of hydrogen-bond acceptors (Lipinski definition) is 5. The fraction of sp³-hybridized carbons (Fsp3) is 0.125. The van der Waals surface area contributed by atoms with Crippen LogP contribution in [0.2, 0.25) is 5.02 Å². The van der Waals surface area contributed by atoms with Crippen LogP contribution in [-0.4, -0.2) is 29.9 Å². The molecule has 0 heterocycles. The van der Waals surface area contributed by atoms with Crippen molar-refractivity contribution in [2.75, 3.05) is 11.9 Å². The zero-order chi connectivity index (χ0) is 23.6. The third kappa shape index (κ3) is 8.25. The van der Waals surface area contributed by atoms with Crippen LogP contribution in [0.3, 0.4) is 0 Å². The average molecular weight is 486 g/mol. The number of anilines is 1. The van der Waals surface area contributed by atoms with Crippen molar-refractivity contribution >= 4 is 47.1 Å². The number of carbonyl (C=O) groups excluding carboxylic acids is 2. The number of amides is 2. The predicted octanol–water partition coefficient (Wildman–Crippen LogP) is 5.13. The maximum Gasteiger partial charge on any atom is 0.262 e. The zero-order valence-electron chi connectivity index (χ0n) is 17.6. The van der Waals surface area contributed by atoms with E-state index in [9.17, 15) is 14.0 Å². The molecular formula is C24H21ClFN3O3S. The number of thioether (sulfide) groups is 1. The molecule has 1 atom stereocenters. The van der Waals surface area contributed by atoms with Gasteiger partial charge in [0, 0.05) is 15.6 Å². The van der Waals surface area contributed by atoms with Crippen molar-refractivity contribution in [2.24, 2.45) is 5.10 Å². The summed E-state index contributed by atoms with van der Waals surface area (Å²) in [6.45, 7) is 1.60. The number of benzene rings is 3. The molecule has 2 amide bonds. The van der Waals surface area contributed by atoms with Crippen LogP contribution in [0.5, 0.6) is 5.75 Å². The second-order valence-electron chi connectivity index (χ2n) is 6.86. The molecule has 0 radical (unpaired) electrons. The van der Waals surface area contributed by atoms with Gasteiger partial charge in [-0.05, 0) is 85.3 Å². The molecule has 33 heavy (non-hydrogen) atoms. The summed E-state index contributed by atoms with van der Waals surface area (Å²) in [5, 5.41) is 6.91. The summed E-state index contributed by atoms with van der Waals surface area (Å²) in [6, 6.07) is 19.6. The first-order chi connectivity index (χ1) is 15.9. The SMILES string of the molecule is C[C@H](Sc1ccc(Cl)cc1)C(=O)N/N=C\c1ccc(OCC(=O)Nc2ccc(F)cc2)cc1. The first-order valence-electron chi connectivity index (χ1n) is 9.92. The maximum atomic E-state index is 12.9. The summed E-state index contributed by atoms with van der Waals surface area (Å²) < 4.78 is 18.3. The molecule has 0 saturated heterocycles. The number of hydrazone groups is 1. The quantitative estimate of drug-likeness (QED) is 0.250. The molecule has 170 valence electrons. The normalized spacial score (nSPS) is 11.7. The Morgan fingerprint density at radius 3 is 2.39 bits per heavy atom. The van der Waals surface area contributed by atoms with E-state index in [1.54, 1.807) is 43.3 Å². The molecule has 0 unspecified atom stereocenters. The minimum atomic E-state index is -0.376. The standard InChI is InChI=1S/C24H21ClFN3O3S/c1-16(33-22-12-4-18(25)5-13-22)24(31)29-27-14-17-2-10-21(11-3-17)32-15-23(30)28-20-8-6-19(26)7-9-20/h2-14,16H,15H2,1H3,(H,28,30)(H,29,31)/b27-14-/t16-/m0/s1. The predicted molar refractivity (Wildman–Crippen MR) is 129 cm³/mol. The first-order valence-corrected chi connectivity index (χ1v) is 11.2. The fourth-order valence-corrected chi connectivity index (χ4v) is 3.55. The molecule has 0 aliphatic heterocycles. The van der Waals surface area contributed by atoms with Gasteiger partial charge in [0.15, 0.2) is 6.61 Å². The summed E-state index contributed by atoms with van der Waals surface area (Å²) in [7, 11) is 0. The third-order valence-corrected chi connectivity index (χ3v) is 5.63. The van der Waals surface area contributed by atoms with E-state index >= 15 is 0 Å². The largest absolute Gasteiger partial charge is 0.484 e. The van der Waals surface area contributed by atoms with Crippen LogP contribution < -0.4 is 15.5 Å². The molecule has 0 bridgehead atoms. The van der Waals surface area contributed by atoms with Crippen molar-refractivity contribution in [2.45, 2.75) is 17.1 Å². The maximum absolute atomic E-state index is 12.9. The van der Waals surface area contributed by atoms with E-state index in [2.05, 4.69) is 15.8 Å². The summed E-state index contributed by atoms with van der Waals surface area (Å²) >= 11 is 7.28. The lowest BCUT2D eigenvalue weighted by atomic mass is 10.2. The Bertz CT molecular complexity index is 1110. The van der Waals surface area contributed by atoms with E-state index in [4.69, 9.17) is 16.3 Å². The Hall–Kier alpha value is -3.36. The lowest BCUT2D eigenvalue weighted by Gasteiger charge is -2.09. The first kappa shape index (κ1) is 24.3. The Morgan fingerprint density at radius 2 is 1.73 bits per heavy atom. The highest BCUT2D eigenvalue weighted by Crippen LogP contribution is 2.24. The molecule has 3 aromatic rings. The Morgan fingerprint density at radius 1 is 1.06 bits per heavy atom. The second kappa shape index (κ2) is 12.0. The van der Waals surface area contributed by atoms with Gasteiger partial charge < -0.3 is 10.1 Å². The summed E-state index contributed by atoms with van der Waals surface area (Å²) in [5.74, 6) is -0.462. The van der Waals surface area contributed by atoms with E-state index in [-0.39, 0.29) is 29.5 Å². The Labute approximate surface area is 200 Å². The Balaban J connectivity index is 1.41. The molecule has 0 aromatic heterocycles. The van der Waals surface area contributed by atoms with E-state index in [0.717, 1.165) is 10.5 Å². The molecule has 3 aromatic carbocycles. The van der Waals surface area contributed by atoms with Crippen LogP contribution in [0.25, 0.3) is 0 Å². The van der Waals surface area contributed by atoms with Crippen molar-refractivity contribution in [3.05, 3.63) is 89.2 Å². The van der Waals surface area contributed by atoms with Crippen LogP contribution in [0.4, 0.5) is 10.1 Å². The number of ether oxygens (including phenoxy) is 1. The van der Waals surface area contributed by atoms with Crippen molar-refractivity contribution in [1.82, 2.24) is 5.43 Å². The topological polar surface area (TPSA) is 79.8 Å². The van der Waals surface area contributed by atoms with Crippen LogP contribution in [0, 0.1) is 5.82 Å². The number of nitrogens with one attached hydrogen (secondary N) is 2. The number of nitrogens with zero attached hydrogens (tertiary/aromatic N) is 1. The molecule has 2 N–H and O–H groups in total. The number of halogens is 2. The minimum absolute atomic E-state index is 0.190. The lowest BCUT2D eigenvalue weighted by molar-refractivity contribution is -0.120. The van der Waals surface area contributed by atoms with E-state index < -0.39 is 0 Å². The number of carbonyl (C=O) groups is 2. The van der Waals surface area contributed by atoms with E-state index in [0.29, 0.717) is 16.5 Å². The van der Waals surface area contributed by atoms with Crippen molar-refractivity contribution in [3.8, 4) is 5.75 Å². The van der Waals surface area contributed by atoms with Gasteiger partial charge in [-0.3, -0.25) is 9.59 Å². The van der Waals surface area contributed by atoms with E-state index in [1.165, 1.54) is 42.2 Å². The molecule has 0 saturated carbocycles. The highest BCUT2D eigenvalue weighted by molar-refractivity contribution is 8.00. The molecule has 0 spiro atoms. The summed E-state index contributed by atoms with van der Waals surface area (Å²) in [4.78, 5) is 25.1. The van der Waals surface area contributed by atoms with Crippen molar-refractivity contribution in [1.29, 1.82) is 0 Å². The third-order valence-electron chi connectivity index (χ3n) is 4.26. The second-order valence-corrected chi connectivity index (χ2v) is 8.71. The van der Waals surface area contributed by atoms with E-state index in [1.807, 2.05) is 12.1 Å². The minimum Gasteiger partial charge on any atom is -0.484 e. The smallest absolute Gasteiger partial charge is 0.262 e. The molecule has 6 nitrogen and oxygen atoms in total. The van der Waals surface area contributed by atoms with Crippen LogP contribution >= 0.6 is 23.4 Å². The van der Waals surface area contributed by atoms with Gasteiger partial charge in [0.2, 0.25) is 0 Å². The van der Waals surface area contributed by atoms with Gasteiger partial charge in [0.1, 0.15) is 11.6 Å². The van der Waals surface area contributed by atoms with Crippen LogP contribution in [-0.2, 0) is 9.59 Å². The van der Waals surface area contributed by atoms with Gasteiger partial charge in [0.05, 0.1) is 11.5 Å². The molecule has 0 fully saturated rings. The van der Waals surface area contributed by atoms with Crippen LogP contribution in [0.15, 0.2) is 82.8 Å². The van der Waals surface area contributed by atoms with Gasteiger partial charge in [0.25, 0.3) is 11.8 Å². The number of hydrogen-bond donors (Lipinski definition) is 2. The molecule has 3 rings (SSSR count). The van der Waals surface area contributed by atoms with Gasteiger partial charge >= 0.3 is 0 Å². The number of rotatable bonds is 9. The van der Waals surface area contributed by atoms with Crippen molar-refractivity contribution in [3.63, 3.8) is 0 Å². The molecule has 0 aliphatic rings. The molecule has 9 heteroatoms. The van der Waals surface area contributed by atoms with Crippen LogP contribution in [0.1, 0.15) is 12.5 Å². The Kier molecular flexibility index (Phi) is 8.86. The highest BCUT2D eigenvalue weighted by atomic mass is 35.5. The molecular weight excluding hydrogens is 465 g/mol.